The number of hydrogen-bond donors (Lipinski definition) is 0. The first-order valence-corrected chi connectivity index (χ1v) is 6.55. The first-order chi connectivity index (χ1) is 8.78. The molecule has 0 bridgehead atoms. The summed E-state index contributed by atoms with van der Waals surface area (Å²) in [5.41, 5.74) is 1.98. The molecule has 0 radical (unpaired) electrons. The number of allylic oxidation sites excluding steroid dienone is 8. The van der Waals surface area contributed by atoms with Crippen molar-refractivity contribution in [2.45, 2.75) is 46.5 Å². The van der Waals surface area contributed by atoms with Crippen LogP contribution in [0.25, 0.3) is 0 Å². The third-order valence-corrected chi connectivity index (χ3v) is 2.79. The van der Waals surface area contributed by atoms with Crippen LogP contribution in [0, 0.1) is 4.91 Å². The Morgan fingerprint density at radius 2 is 1.56 bits per heavy atom. The van der Waals surface area contributed by atoms with Gasteiger partial charge in [-0.15, -0.1) is 4.91 Å². The van der Waals surface area contributed by atoms with Crippen LogP contribution < -0.4 is 0 Å². The molecule has 0 amide bonds. The van der Waals surface area contributed by atoms with E-state index in [9.17, 15) is 4.91 Å². The summed E-state index contributed by atoms with van der Waals surface area (Å²) in [4.78, 5) is 10.3. The number of ether oxygens (including phenoxy) is 1. The minimum absolute atomic E-state index is 0.598. The quantitative estimate of drug-likeness (QED) is 0.659. The predicted molar refractivity (Wildman–Crippen MR) is 74.7 cm³/mol. The van der Waals surface area contributed by atoms with Gasteiger partial charge in [-0.25, -0.2) is 0 Å². The molecular weight excluding hydrogens is 226 g/mol. The highest BCUT2D eigenvalue weighted by molar-refractivity contribution is 5.24. The molecule has 0 heterocycles. The van der Waals surface area contributed by atoms with Gasteiger partial charge in [-0.1, -0.05) is 25.5 Å². The van der Waals surface area contributed by atoms with Crippen molar-refractivity contribution in [3.05, 3.63) is 52.0 Å². The van der Waals surface area contributed by atoms with E-state index in [0.717, 1.165) is 30.8 Å². The van der Waals surface area contributed by atoms with Crippen molar-refractivity contribution in [2.24, 2.45) is 5.18 Å². The fraction of sp³-hybridized carbons (Fsp3) is 0.467. The van der Waals surface area contributed by atoms with E-state index < -0.39 is 0 Å². The van der Waals surface area contributed by atoms with Crippen LogP contribution in [0.4, 0.5) is 0 Å². The third kappa shape index (κ3) is 4.32. The maximum atomic E-state index is 10.3. The van der Waals surface area contributed by atoms with Gasteiger partial charge < -0.3 is 4.74 Å². The second-order valence-corrected chi connectivity index (χ2v) is 4.13. The molecule has 18 heavy (non-hydrogen) atoms. The standard InChI is InChI=1S/C13H15NO2.C2H6/c1-10-2-6-12(7-3-10)16-13-8-4-11(14-15)5-9-13;1-2/h2,4,6,8H,3,5,7,9H2,1H3;1-2H3. The monoisotopic (exact) mass is 247 g/mol. The summed E-state index contributed by atoms with van der Waals surface area (Å²) in [6, 6.07) is 0. The van der Waals surface area contributed by atoms with E-state index in [4.69, 9.17) is 4.74 Å². The summed E-state index contributed by atoms with van der Waals surface area (Å²) < 4.78 is 5.76. The van der Waals surface area contributed by atoms with E-state index in [1.165, 1.54) is 5.57 Å². The Morgan fingerprint density at radius 3 is 2.00 bits per heavy atom. The summed E-state index contributed by atoms with van der Waals surface area (Å²) >= 11 is 0. The maximum absolute atomic E-state index is 10.3. The van der Waals surface area contributed by atoms with Crippen LogP contribution in [0.2, 0.25) is 0 Å². The van der Waals surface area contributed by atoms with Gasteiger partial charge in [0.15, 0.2) is 0 Å². The molecule has 3 nitrogen and oxygen atoms in total. The second-order valence-electron chi connectivity index (χ2n) is 4.13. The van der Waals surface area contributed by atoms with E-state index in [-0.39, 0.29) is 0 Å². The Bertz CT molecular complexity index is 414. The molecule has 0 spiro atoms. The lowest BCUT2D eigenvalue weighted by molar-refractivity contribution is 0.274. The first-order valence-electron chi connectivity index (χ1n) is 6.55. The lowest BCUT2D eigenvalue weighted by Gasteiger charge is -2.17. The lowest BCUT2D eigenvalue weighted by atomic mass is 10.1. The lowest BCUT2D eigenvalue weighted by Crippen LogP contribution is -2.00. The zero-order valence-corrected chi connectivity index (χ0v) is 11.4. The van der Waals surface area contributed by atoms with Crippen molar-refractivity contribution in [3.63, 3.8) is 0 Å². The van der Waals surface area contributed by atoms with Crippen molar-refractivity contribution < 1.29 is 4.74 Å². The number of hydrogen-bond acceptors (Lipinski definition) is 3. The number of nitroso groups, excluding NO2 is 1. The Morgan fingerprint density at radius 1 is 0.944 bits per heavy atom. The predicted octanol–water partition coefficient (Wildman–Crippen LogP) is 4.98. The Kier molecular flexibility index (Phi) is 6.12. The zero-order chi connectivity index (χ0) is 13.4. The molecule has 0 saturated carbocycles. The fourth-order valence-electron chi connectivity index (χ4n) is 1.74. The summed E-state index contributed by atoms with van der Waals surface area (Å²) in [5, 5.41) is 2.93. The maximum Gasteiger partial charge on any atom is 0.104 e. The highest BCUT2D eigenvalue weighted by Gasteiger charge is 2.11. The molecule has 0 unspecified atom stereocenters. The molecule has 3 heteroatoms. The average molecular weight is 247 g/mol. The Labute approximate surface area is 109 Å². The first kappa shape index (κ1) is 14.4. The van der Waals surface area contributed by atoms with Crippen LogP contribution >= 0.6 is 0 Å². The van der Waals surface area contributed by atoms with Gasteiger partial charge in [-0.3, -0.25) is 0 Å². The molecule has 0 fully saturated rings. The topological polar surface area (TPSA) is 38.7 Å². The molecule has 0 N–H and O–H groups in total. The van der Waals surface area contributed by atoms with E-state index in [2.05, 4.69) is 18.2 Å². The van der Waals surface area contributed by atoms with E-state index in [1.54, 1.807) is 6.08 Å². The van der Waals surface area contributed by atoms with Gasteiger partial charge in [0.25, 0.3) is 0 Å². The molecule has 2 rings (SSSR count). The van der Waals surface area contributed by atoms with Crippen LogP contribution in [0.1, 0.15) is 46.5 Å². The fourth-order valence-corrected chi connectivity index (χ4v) is 1.74. The molecule has 0 aliphatic heterocycles. The highest BCUT2D eigenvalue weighted by atomic mass is 16.5. The largest absolute Gasteiger partial charge is 0.466 e. The van der Waals surface area contributed by atoms with Crippen LogP contribution in [0.5, 0.6) is 0 Å². The Balaban J connectivity index is 0.000000771. The van der Waals surface area contributed by atoms with E-state index >= 15 is 0 Å². The van der Waals surface area contributed by atoms with E-state index in [1.807, 2.05) is 26.0 Å². The SMILES string of the molecule is CC.CC1=CC=C(OC2=CC=C(N=O)CC2)CC1. The molecule has 98 valence electrons. The van der Waals surface area contributed by atoms with Crippen molar-refractivity contribution in [1.29, 1.82) is 0 Å². The van der Waals surface area contributed by atoms with E-state index in [0.29, 0.717) is 12.1 Å². The normalized spacial score (nSPS) is 18.4. The summed E-state index contributed by atoms with van der Waals surface area (Å²) in [5.74, 6) is 1.93. The zero-order valence-electron chi connectivity index (χ0n) is 11.4. The van der Waals surface area contributed by atoms with Gasteiger partial charge >= 0.3 is 0 Å². The van der Waals surface area contributed by atoms with Crippen molar-refractivity contribution >= 4 is 0 Å². The van der Waals surface area contributed by atoms with Gasteiger partial charge in [0.2, 0.25) is 0 Å². The molecule has 2 aliphatic carbocycles. The van der Waals surface area contributed by atoms with Crippen LogP contribution in [-0.2, 0) is 4.74 Å². The molecule has 0 atom stereocenters. The summed E-state index contributed by atoms with van der Waals surface area (Å²) in [6.07, 6.45) is 11.2. The molecule has 0 aromatic carbocycles. The average Bonchev–Trinajstić information content (AvgIpc) is 2.44. The van der Waals surface area contributed by atoms with Gasteiger partial charge in [0.1, 0.15) is 11.5 Å². The van der Waals surface area contributed by atoms with Gasteiger partial charge in [0.05, 0.1) is 5.70 Å². The highest BCUT2D eigenvalue weighted by Crippen LogP contribution is 2.26. The Hall–Kier alpha value is -1.64. The number of rotatable bonds is 3. The van der Waals surface area contributed by atoms with Crippen molar-refractivity contribution in [3.8, 4) is 0 Å². The van der Waals surface area contributed by atoms with Gasteiger partial charge in [0, 0.05) is 19.3 Å². The number of nitrogens with zero attached hydrogens (tertiary/aromatic N) is 1. The molecule has 0 aromatic heterocycles. The smallest absolute Gasteiger partial charge is 0.104 e. The van der Waals surface area contributed by atoms with Crippen LogP contribution in [0.15, 0.2) is 52.3 Å². The minimum Gasteiger partial charge on any atom is -0.466 e. The van der Waals surface area contributed by atoms with Crippen molar-refractivity contribution in [1.82, 2.24) is 0 Å². The minimum atomic E-state index is 0.598. The molecule has 0 aromatic rings. The third-order valence-electron chi connectivity index (χ3n) is 2.79. The van der Waals surface area contributed by atoms with Crippen LogP contribution in [0.3, 0.4) is 0 Å². The second kappa shape index (κ2) is 7.64. The van der Waals surface area contributed by atoms with Crippen molar-refractivity contribution in [2.75, 3.05) is 0 Å². The van der Waals surface area contributed by atoms with Gasteiger partial charge in [-0.2, -0.15) is 0 Å². The molecule has 2 aliphatic rings. The molecular formula is C15H21NO2. The van der Waals surface area contributed by atoms with Crippen LogP contribution in [-0.4, -0.2) is 0 Å². The summed E-state index contributed by atoms with van der Waals surface area (Å²) in [6.45, 7) is 6.12. The summed E-state index contributed by atoms with van der Waals surface area (Å²) in [7, 11) is 0. The van der Waals surface area contributed by atoms with Gasteiger partial charge in [-0.05, 0) is 36.7 Å². The molecule has 0 saturated heterocycles.